The molecule has 5 rings (SSSR count). The van der Waals surface area contributed by atoms with Crippen LogP contribution in [0, 0.1) is 16.7 Å². The predicted molar refractivity (Wildman–Crippen MR) is 125 cm³/mol. The van der Waals surface area contributed by atoms with E-state index < -0.39 is 0 Å². The molecule has 8 heteroatoms. The van der Waals surface area contributed by atoms with E-state index in [4.69, 9.17) is 0 Å². The van der Waals surface area contributed by atoms with Crippen LogP contribution >= 0.6 is 11.3 Å². The summed E-state index contributed by atoms with van der Waals surface area (Å²) in [6, 6.07) is 1.97. The first-order chi connectivity index (χ1) is 15.1. The second-order valence-corrected chi connectivity index (χ2v) is 11.7. The molecule has 1 saturated heterocycles. The number of amides is 2. The van der Waals surface area contributed by atoms with Crippen molar-refractivity contribution < 1.29 is 9.59 Å². The zero-order valence-electron chi connectivity index (χ0n) is 19.6. The molecule has 0 unspecified atom stereocenters. The molecule has 2 aromatic heterocycles. The quantitative estimate of drug-likeness (QED) is 0.725. The third kappa shape index (κ3) is 3.56. The number of rotatable bonds is 5. The average Bonchev–Trinajstić information content (AvgIpc) is 3.50. The van der Waals surface area contributed by atoms with Crippen molar-refractivity contribution in [1.29, 1.82) is 0 Å². The number of anilines is 1. The number of thiazole rings is 1. The van der Waals surface area contributed by atoms with Gasteiger partial charge in [-0.15, -0.1) is 11.3 Å². The number of hydrogen-bond donors (Lipinski definition) is 1. The second kappa shape index (κ2) is 7.40. The van der Waals surface area contributed by atoms with Crippen LogP contribution < -0.4 is 5.32 Å². The fourth-order valence-corrected chi connectivity index (χ4v) is 6.26. The Labute approximate surface area is 193 Å². The zero-order valence-corrected chi connectivity index (χ0v) is 20.5. The molecule has 0 atom stereocenters. The van der Waals surface area contributed by atoms with Crippen molar-refractivity contribution in [2.45, 2.75) is 65.2 Å². The first-order valence-corrected chi connectivity index (χ1v) is 12.6. The third-order valence-electron chi connectivity index (χ3n) is 8.31. The summed E-state index contributed by atoms with van der Waals surface area (Å²) in [5.74, 6) is 1.80. The molecule has 172 valence electrons. The molecule has 2 aromatic rings. The van der Waals surface area contributed by atoms with E-state index in [-0.39, 0.29) is 22.7 Å². The van der Waals surface area contributed by atoms with Crippen molar-refractivity contribution in [3.05, 3.63) is 27.8 Å². The van der Waals surface area contributed by atoms with Gasteiger partial charge in [-0.1, -0.05) is 27.7 Å². The number of aromatic nitrogens is 3. The maximum atomic E-state index is 13.0. The molecule has 2 aliphatic carbocycles. The smallest absolute Gasteiger partial charge is 0.276 e. The van der Waals surface area contributed by atoms with Crippen LogP contribution in [0.4, 0.5) is 5.82 Å². The Morgan fingerprint density at radius 3 is 2.31 bits per heavy atom. The number of aryl methyl sites for hydroxylation is 1. The first-order valence-electron chi connectivity index (χ1n) is 11.7. The summed E-state index contributed by atoms with van der Waals surface area (Å²) in [6.45, 7) is 10.3. The molecular formula is C24H33N5O2S. The monoisotopic (exact) mass is 455 g/mol. The van der Waals surface area contributed by atoms with Gasteiger partial charge in [0.05, 0.1) is 10.7 Å². The lowest BCUT2D eigenvalue weighted by Crippen LogP contribution is -2.39. The summed E-state index contributed by atoms with van der Waals surface area (Å²) in [5, 5.41) is 10.3. The molecule has 3 fully saturated rings. The molecule has 3 heterocycles. The van der Waals surface area contributed by atoms with Crippen LogP contribution in [0.25, 0.3) is 0 Å². The molecule has 0 spiro atoms. The van der Waals surface area contributed by atoms with Gasteiger partial charge < -0.3 is 10.2 Å². The van der Waals surface area contributed by atoms with Crippen molar-refractivity contribution in [1.82, 2.24) is 19.7 Å². The van der Waals surface area contributed by atoms with Crippen LogP contribution in [0.15, 0.2) is 11.4 Å². The van der Waals surface area contributed by atoms with Gasteiger partial charge in [0.25, 0.3) is 5.91 Å². The minimum Gasteiger partial charge on any atom is -0.342 e. The van der Waals surface area contributed by atoms with Gasteiger partial charge in [0.15, 0.2) is 0 Å². The lowest BCUT2D eigenvalue weighted by molar-refractivity contribution is -0.134. The van der Waals surface area contributed by atoms with Gasteiger partial charge in [-0.25, -0.2) is 4.98 Å². The molecule has 7 nitrogen and oxygen atoms in total. The molecular weight excluding hydrogens is 422 g/mol. The van der Waals surface area contributed by atoms with Crippen LogP contribution in [-0.2, 0) is 11.8 Å². The van der Waals surface area contributed by atoms with Crippen LogP contribution in [-0.4, -0.2) is 44.6 Å². The molecule has 2 saturated carbocycles. The van der Waals surface area contributed by atoms with E-state index in [0.29, 0.717) is 29.3 Å². The van der Waals surface area contributed by atoms with Gasteiger partial charge in [-0.2, -0.15) is 5.10 Å². The van der Waals surface area contributed by atoms with Crippen LogP contribution in [0.3, 0.4) is 0 Å². The van der Waals surface area contributed by atoms with Crippen molar-refractivity contribution in [2.24, 2.45) is 23.8 Å². The highest BCUT2D eigenvalue weighted by Gasteiger charge is 2.68. The maximum absolute atomic E-state index is 13.0. The van der Waals surface area contributed by atoms with E-state index in [0.717, 1.165) is 36.6 Å². The molecule has 0 aromatic carbocycles. The van der Waals surface area contributed by atoms with E-state index in [9.17, 15) is 9.59 Å². The number of piperidine rings is 1. The molecule has 2 amide bonds. The van der Waals surface area contributed by atoms with Crippen molar-refractivity contribution in [3.63, 3.8) is 0 Å². The molecule has 32 heavy (non-hydrogen) atoms. The minimum atomic E-state index is -0.191. The van der Waals surface area contributed by atoms with E-state index in [1.807, 2.05) is 23.4 Å². The molecule has 0 radical (unpaired) electrons. The highest BCUT2D eigenvalue weighted by atomic mass is 32.1. The van der Waals surface area contributed by atoms with Crippen LogP contribution in [0.5, 0.6) is 0 Å². The van der Waals surface area contributed by atoms with Crippen molar-refractivity contribution in [3.8, 4) is 0 Å². The van der Waals surface area contributed by atoms with Crippen molar-refractivity contribution in [2.75, 3.05) is 18.4 Å². The number of likely N-dealkylation sites (tertiary alicyclic amines) is 1. The number of hydrogen-bond acceptors (Lipinski definition) is 5. The molecule has 1 N–H and O–H groups in total. The Balaban J connectivity index is 1.18. The van der Waals surface area contributed by atoms with E-state index >= 15 is 0 Å². The van der Waals surface area contributed by atoms with Crippen molar-refractivity contribution >= 4 is 29.0 Å². The SMILES string of the molecule is Cn1nc(C2CC2)cc1NC(=O)c1csc(C2CCN(C(=O)C3C(C)(C)C3(C)C)CC2)n1. The fraction of sp³-hybridized carbons (Fsp3) is 0.667. The average molecular weight is 456 g/mol. The van der Waals surface area contributed by atoms with Gasteiger partial charge >= 0.3 is 0 Å². The number of carbonyl (C=O) groups is 2. The summed E-state index contributed by atoms with van der Waals surface area (Å²) in [6.07, 6.45) is 4.17. The normalized spacial score (nSPS) is 22.7. The Kier molecular flexibility index (Phi) is 5.00. The summed E-state index contributed by atoms with van der Waals surface area (Å²) in [5.41, 5.74) is 1.66. The summed E-state index contributed by atoms with van der Waals surface area (Å²) in [4.78, 5) is 32.5. The predicted octanol–water partition coefficient (Wildman–Crippen LogP) is 4.39. The summed E-state index contributed by atoms with van der Waals surface area (Å²) < 4.78 is 1.73. The van der Waals surface area contributed by atoms with Crippen LogP contribution in [0.1, 0.15) is 86.4 Å². The lowest BCUT2D eigenvalue weighted by atomic mass is 9.96. The van der Waals surface area contributed by atoms with Gasteiger partial charge in [0.2, 0.25) is 5.91 Å². The Bertz CT molecular complexity index is 1040. The highest BCUT2D eigenvalue weighted by Crippen LogP contribution is 2.68. The van der Waals surface area contributed by atoms with Gasteiger partial charge in [-0.05, 0) is 36.5 Å². The standard InChI is InChI=1S/C24H33N5O2S/c1-23(2)19(24(23,3)4)22(31)29-10-8-15(9-11-29)21-25-17(13-32-21)20(30)26-18-12-16(14-6-7-14)27-28(18)5/h12-15,19H,6-11H2,1-5H3,(H,26,30). The first kappa shape index (κ1) is 21.6. The van der Waals surface area contributed by atoms with E-state index in [2.05, 4.69) is 43.1 Å². The van der Waals surface area contributed by atoms with E-state index in [1.54, 1.807) is 16.0 Å². The minimum absolute atomic E-state index is 0.0752. The fourth-order valence-electron chi connectivity index (χ4n) is 5.29. The van der Waals surface area contributed by atoms with Gasteiger partial charge in [0.1, 0.15) is 11.5 Å². The summed E-state index contributed by atoms with van der Waals surface area (Å²) >= 11 is 1.55. The maximum Gasteiger partial charge on any atom is 0.276 e. The van der Waals surface area contributed by atoms with Gasteiger partial charge in [-0.3, -0.25) is 14.3 Å². The summed E-state index contributed by atoms with van der Waals surface area (Å²) in [7, 11) is 1.85. The second-order valence-electron chi connectivity index (χ2n) is 10.9. The molecule has 0 bridgehead atoms. The lowest BCUT2D eigenvalue weighted by Gasteiger charge is -2.31. The number of nitrogens with one attached hydrogen (secondary N) is 1. The van der Waals surface area contributed by atoms with E-state index in [1.165, 1.54) is 12.8 Å². The number of carbonyl (C=O) groups excluding carboxylic acids is 2. The number of nitrogens with zero attached hydrogens (tertiary/aromatic N) is 4. The third-order valence-corrected chi connectivity index (χ3v) is 9.32. The largest absolute Gasteiger partial charge is 0.342 e. The van der Waals surface area contributed by atoms with Crippen LogP contribution in [0.2, 0.25) is 0 Å². The highest BCUT2D eigenvalue weighted by molar-refractivity contribution is 7.10. The zero-order chi connectivity index (χ0) is 22.8. The Morgan fingerprint density at radius 1 is 1.06 bits per heavy atom. The molecule has 1 aliphatic heterocycles. The Morgan fingerprint density at radius 2 is 1.72 bits per heavy atom. The molecule has 3 aliphatic rings. The Hall–Kier alpha value is -2.22. The topological polar surface area (TPSA) is 80.1 Å². The van der Waals surface area contributed by atoms with Gasteiger partial charge in [0, 0.05) is 49.3 Å².